The molecule has 0 bridgehead atoms. The number of aryl methyl sites for hydroxylation is 1. The zero-order chi connectivity index (χ0) is 19.5. The number of para-hydroxylation sites is 1. The summed E-state index contributed by atoms with van der Waals surface area (Å²) in [5.41, 5.74) is 1.81. The van der Waals surface area contributed by atoms with Crippen molar-refractivity contribution in [3.8, 4) is 5.75 Å². The molecule has 4 rings (SSSR count). The van der Waals surface area contributed by atoms with Gasteiger partial charge >= 0.3 is 0 Å². The van der Waals surface area contributed by atoms with E-state index >= 15 is 0 Å². The molecule has 28 heavy (non-hydrogen) atoms. The number of hydrogen-bond acceptors (Lipinski definition) is 5. The monoisotopic (exact) mass is 412 g/mol. The first kappa shape index (κ1) is 18.5. The Hall–Kier alpha value is -2.83. The molecular weight excluding hydrogens is 396 g/mol. The van der Waals surface area contributed by atoms with Crippen LogP contribution in [0.4, 0.5) is 5.13 Å². The molecule has 0 spiro atoms. The van der Waals surface area contributed by atoms with Crippen molar-refractivity contribution in [1.82, 2.24) is 4.98 Å². The quantitative estimate of drug-likeness (QED) is 0.421. The van der Waals surface area contributed by atoms with Crippen LogP contribution in [0.15, 0.2) is 65.3 Å². The molecule has 0 atom stereocenters. The van der Waals surface area contributed by atoms with Gasteiger partial charge in [-0.15, -0.1) is 0 Å². The van der Waals surface area contributed by atoms with E-state index in [1.54, 1.807) is 17.2 Å². The molecule has 0 saturated heterocycles. The first-order chi connectivity index (χ1) is 13.6. The number of ether oxygens (including phenoxy) is 1. The molecule has 5 nitrogen and oxygen atoms in total. The highest BCUT2D eigenvalue weighted by Gasteiger charge is 2.23. The van der Waals surface area contributed by atoms with Crippen molar-refractivity contribution >= 4 is 44.2 Å². The van der Waals surface area contributed by atoms with E-state index < -0.39 is 0 Å². The summed E-state index contributed by atoms with van der Waals surface area (Å²) in [5.74, 6) is 1.08. The fourth-order valence-electron chi connectivity index (χ4n) is 2.77. The van der Waals surface area contributed by atoms with Crippen molar-refractivity contribution < 1.29 is 13.9 Å². The molecule has 0 N–H and O–H groups in total. The van der Waals surface area contributed by atoms with Crippen LogP contribution in [0.2, 0.25) is 5.02 Å². The minimum atomic E-state index is -0.215. The van der Waals surface area contributed by atoms with Crippen molar-refractivity contribution in [2.75, 3.05) is 11.5 Å². The second-order valence-electron chi connectivity index (χ2n) is 6.20. The number of carbonyl (C=O) groups excluding carboxylic acids is 1. The molecule has 4 aromatic rings. The van der Waals surface area contributed by atoms with E-state index in [9.17, 15) is 4.79 Å². The van der Waals surface area contributed by atoms with E-state index in [1.807, 2.05) is 55.5 Å². The van der Waals surface area contributed by atoms with Crippen LogP contribution in [0.25, 0.3) is 10.2 Å². The van der Waals surface area contributed by atoms with Crippen LogP contribution in [-0.2, 0) is 11.3 Å². The third kappa shape index (κ3) is 3.88. The van der Waals surface area contributed by atoms with Gasteiger partial charge in [-0.25, -0.2) is 4.98 Å². The van der Waals surface area contributed by atoms with Crippen LogP contribution >= 0.6 is 22.9 Å². The van der Waals surface area contributed by atoms with E-state index in [0.717, 1.165) is 15.8 Å². The lowest BCUT2D eigenvalue weighted by molar-refractivity contribution is -0.120. The summed E-state index contributed by atoms with van der Waals surface area (Å²) < 4.78 is 11.9. The SMILES string of the molecule is Cc1ccc(Cl)c2sc(N(Cc3ccco3)C(=O)COc3ccccc3)nc12. The normalized spacial score (nSPS) is 10.9. The summed E-state index contributed by atoms with van der Waals surface area (Å²) in [4.78, 5) is 19.2. The van der Waals surface area contributed by atoms with E-state index in [0.29, 0.717) is 21.7 Å². The number of carbonyl (C=O) groups is 1. The van der Waals surface area contributed by atoms with Gasteiger partial charge in [-0.1, -0.05) is 47.2 Å². The number of furan rings is 1. The number of nitrogens with zero attached hydrogens (tertiary/aromatic N) is 2. The Morgan fingerprint density at radius 3 is 2.71 bits per heavy atom. The van der Waals surface area contributed by atoms with Gasteiger partial charge in [-0.3, -0.25) is 9.69 Å². The van der Waals surface area contributed by atoms with Gasteiger partial charge in [0.15, 0.2) is 11.7 Å². The van der Waals surface area contributed by atoms with E-state index in [4.69, 9.17) is 20.8 Å². The summed E-state index contributed by atoms with van der Waals surface area (Å²) in [6, 6.07) is 16.6. The van der Waals surface area contributed by atoms with E-state index in [2.05, 4.69) is 4.98 Å². The standard InChI is InChI=1S/C21H17ClN2O3S/c1-14-9-10-17(22)20-19(14)23-21(28-20)24(12-16-8-5-11-26-16)18(25)13-27-15-6-3-2-4-7-15/h2-11H,12-13H2,1H3. The number of halogens is 1. The first-order valence-corrected chi connectivity index (χ1v) is 9.87. The third-order valence-electron chi connectivity index (χ3n) is 4.22. The Labute approximate surface area is 171 Å². The largest absolute Gasteiger partial charge is 0.484 e. The van der Waals surface area contributed by atoms with Gasteiger partial charge < -0.3 is 9.15 Å². The molecule has 142 valence electrons. The highest BCUT2D eigenvalue weighted by atomic mass is 35.5. The molecule has 0 radical (unpaired) electrons. The molecule has 2 aromatic carbocycles. The van der Waals surface area contributed by atoms with Crippen molar-refractivity contribution in [2.24, 2.45) is 0 Å². The minimum absolute atomic E-state index is 0.104. The Kier molecular flexibility index (Phi) is 5.32. The Morgan fingerprint density at radius 1 is 1.18 bits per heavy atom. The Bertz CT molecular complexity index is 1050. The average molecular weight is 413 g/mol. The smallest absolute Gasteiger partial charge is 0.267 e. The predicted molar refractivity (Wildman–Crippen MR) is 111 cm³/mol. The van der Waals surface area contributed by atoms with Crippen LogP contribution in [0.5, 0.6) is 5.75 Å². The second kappa shape index (κ2) is 8.04. The highest BCUT2D eigenvalue weighted by Crippen LogP contribution is 2.36. The zero-order valence-electron chi connectivity index (χ0n) is 15.1. The summed E-state index contributed by atoms with van der Waals surface area (Å²) >= 11 is 7.72. The Balaban J connectivity index is 1.64. The molecular formula is C21H17ClN2O3S. The maximum Gasteiger partial charge on any atom is 0.267 e. The second-order valence-corrected chi connectivity index (χ2v) is 7.58. The number of amides is 1. The summed E-state index contributed by atoms with van der Waals surface area (Å²) in [6.07, 6.45) is 1.58. The topological polar surface area (TPSA) is 55.6 Å². The molecule has 0 saturated carbocycles. The lowest BCUT2D eigenvalue weighted by Crippen LogP contribution is -2.34. The molecule has 1 amide bonds. The number of aromatic nitrogens is 1. The van der Waals surface area contributed by atoms with Crippen LogP contribution < -0.4 is 9.64 Å². The predicted octanol–water partition coefficient (Wildman–Crippen LogP) is 5.46. The minimum Gasteiger partial charge on any atom is -0.484 e. The fraction of sp³-hybridized carbons (Fsp3) is 0.143. The number of thiazole rings is 1. The van der Waals surface area contributed by atoms with Gasteiger partial charge in [0.2, 0.25) is 0 Å². The van der Waals surface area contributed by atoms with Gasteiger partial charge in [0.05, 0.1) is 28.0 Å². The van der Waals surface area contributed by atoms with Gasteiger partial charge in [0, 0.05) is 0 Å². The fourth-order valence-corrected chi connectivity index (χ4v) is 4.10. The third-order valence-corrected chi connectivity index (χ3v) is 5.76. The molecule has 0 aliphatic carbocycles. The van der Waals surface area contributed by atoms with Gasteiger partial charge in [-0.2, -0.15) is 0 Å². The zero-order valence-corrected chi connectivity index (χ0v) is 16.7. The maximum absolute atomic E-state index is 13.0. The average Bonchev–Trinajstić information content (AvgIpc) is 3.38. The van der Waals surface area contributed by atoms with E-state index in [-0.39, 0.29) is 19.1 Å². The van der Waals surface area contributed by atoms with Crippen LogP contribution in [0.1, 0.15) is 11.3 Å². The molecule has 0 aliphatic heterocycles. The molecule has 0 aliphatic rings. The van der Waals surface area contributed by atoms with Crippen molar-refractivity contribution in [2.45, 2.75) is 13.5 Å². The number of anilines is 1. The van der Waals surface area contributed by atoms with E-state index in [1.165, 1.54) is 11.3 Å². The van der Waals surface area contributed by atoms with Crippen molar-refractivity contribution in [1.29, 1.82) is 0 Å². The first-order valence-electron chi connectivity index (χ1n) is 8.68. The van der Waals surface area contributed by atoms with Gasteiger partial charge in [-0.05, 0) is 42.8 Å². The number of fused-ring (bicyclic) bond motifs is 1. The summed E-state index contributed by atoms with van der Waals surface area (Å²) in [5, 5.41) is 1.18. The molecule has 7 heteroatoms. The van der Waals surface area contributed by atoms with Crippen molar-refractivity contribution in [3.05, 3.63) is 77.2 Å². The van der Waals surface area contributed by atoms with Crippen molar-refractivity contribution in [3.63, 3.8) is 0 Å². The molecule has 0 fully saturated rings. The molecule has 0 unspecified atom stereocenters. The van der Waals surface area contributed by atoms with Crippen LogP contribution in [0, 0.1) is 6.92 Å². The van der Waals surface area contributed by atoms with Crippen LogP contribution in [0.3, 0.4) is 0 Å². The van der Waals surface area contributed by atoms with Gasteiger partial charge in [0.1, 0.15) is 11.5 Å². The maximum atomic E-state index is 13.0. The number of rotatable bonds is 6. The molecule has 2 aromatic heterocycles. The number of benzene rings is 2. The lowest BCUT2D eigenvalue weighted by Gasteiger charge is -2.19. The summed E-state index contributed by atoms with van der Waals surface area (Å²) in [7, 11) is 0. The summed E-state index contributed by atoms with van der Waals surface area (Å²) in [6.45, 7) is 2.13. The number of hydrogen-bond donors (Lipinski definition) is 0. The lowest BCUT2D eigenvalue weighted by atomic mass is 10.2. The molecule has 2 heterocycles. The van der Waals surface area contributed by atoms with Gasteiger partial charge in [0.25, 0.3) is 5.91 Å². The Morgan fingerprint density at radius 2 is 2.00 bits per heavy atom. The van der Waals surface area contributed by atoms with Crippen LogP contribution in [-0.4, -0.2) is 17.5 Å². The highest BCUT2D eigenvalue weighted by molar-refractivity contribution is 7.23.